The van der Waals surface area contributed by atoms with E-state index in [1.807, 2.05) is 5.38 Å². The lowest BCUT2D eigenvalue weighted by molar-refractivity contribution is -0.140. The van der Waals surface area contributed by atoms with E-state index >= 15 is 0 Å². The average molecular weight is 651 g/mol. The number of amides is 1. The molecule has 0 spiro atoms. The Balaban J connectivity index is 1.47. The van der Waals surface area contributed by atoms with Gasteiger partial charge in [0.2, 0.25) is 0 Å². The number of aromatic nitrogens is 1. The van der Waals surface area contributed by atoms with Crippen LogP contribution in [0.1, 0.15) is 43.8 Å². The highest BCUT2D eigenvalue weighted by Gasteiger charge is 2.35. The summed E-state index contributed by atoms with van der Waals surface area (Å²) in [6, 6.07) is 2.03. The minimum absolute atomic E-state index is 0.134. The quantitative estimate of drug-likeness (QED) is 0.327. The van der Waals surface area contributed by atoms with E-state index in [9.17, 15) is 23.9 Å². The zero-order valence-corrected chi connectivity index (χ0v) is 26.5. The van der Waals surface area contributed by atoms with E-state index in [2.05, 4.69) is 25.4 Å². The van der Waals surface area contributed by atoms with Crippen molar-refractivity contribution < 1.29 is 33.4 Å². The number of esters is 1. The van der Waals surface area contributed by atoms with Gasteiger partial charge in [-0.1, -0.05) is 17.7 Å². The van der Waals surface area contributed by atoms with Crippen molar-refractivity contribution in [1.82, 2.24) is 25.4 Å². The number of carboxylic acid groups (broad SMARTS) is 1. The number of alkyl carbamates (subject to hydrolysis) is 1. The number of benzene rings is 1. The summed E-state index contributed by atoms with van der Waals surface area (Å²) >= 11 is 7.81. The number of methoxy groups -OCH3 is 1. The van der Waals surface area contributed by atoms with Gasteiger partial charge in [0.05, 0.1) is 12.7 Å². The normalized spacial score (nSPS) is 18.7. The van der Waals surface area contributed by atoms with Crippen LogP contribution in [-0.2, 0) is 19.1 Å². The highest BCUT2D eigenvalue weighted by Crippen LogP contribution is 2.36. The Labute approximate surface area is 263 Å². The first kappa shape index (κ1) is 33.3. The van der Waals surface area contributed by atoms with Gasteiger partial charge in [0.15, 0.2) is 10.8 Å². The molecule has 0 aliphatic carbocycles. The number of carbonyl (C=O) groups excluding carboxylic acids is 2. The van der Waals surface area contributed by atoms with Gasteiger partial charge in [-0.25, -0.2) is 23.8 Å². The summed E-state index contributed by atoms with van der Waals surface area (Å²) in [6.07, 6.45) is 1.09. The number of nitrogens with one attached hydrogen (secondary N) is 2. The fourth-order valence-corrected chi connectivity index (χ4v) is 5.74. The Morgan fingerprint density at radius 2 is 1.93 bits per heavy atom. The number of carboxylic acids is 1. The van der Waals surface area contributed by atoms with Crippen LogP contribution in [-0.4, -0.2) is 102 Å². The lowest BCUT2D eigenvalue weighted by Crippen LogP contribution is -2.50. The first-order valence-electron chi connectivity index (χ1n) is 14.0. The third kappa shape index (κ3) is 8.74. The molecule has 2 aromatic rings. The molecule has 1 aromatic carbocycles. The van der Waals surface area contributed by atoms with Gasteiger partial charge in [0, 0.05) is 67.1 Å². The molecule has 0 unspecified atom stereocenters. The van der Waals surface area contributed by atoms with Crippen LogP contribution in [0.3, 0.4) is 0 Å². The molecule has 3 heterocycles. The third-order valence-corrected chi connectivity index (χ3v) is 8.10. The van der Waals surface area contributed by atoms with E-state index in [1.165, 1.54) is 36.6 Å². The Morgan fingerprint density at radius 3 is 2.52 bits per heavy atom. The van der Waals surface area contributed by atoms with Gasteiger partial charge in [-0.15, -0.1) is 11.3 Å². The molecule has 0 saturated carbocycles. The van der Waals surface area contributed by atoms with E-state index in [0.717, 1.165) is 0 Å². The summed E-state index contributed by atoms with van der Waals surface area (Å²) in [6.45, 7) is 8.47. The molecule has 12 nitrogen and oxygen atoms in total. The first-order chi connectivity index (χ1) is 20.8. The molecule has 4 rings (SSSR count). The van der Waals surface area contributed by atoms with Crippen molar-refractivity contribution in [2.45, 2.75) is 44.9 Å². The van der Waals surface area contributed by atoms with E-state index in [4.69, 9.17) is 26.1 Å². The predicted octanol–water partition coefficient (Wildman–Crippen LogP) is 3.44. The van der Waals surface area contributed by atoms with Gasteiger partial charge in [-0.05, 0) is 39.3 Å². The fraction of sp³-hybridized carbons (Fsp3) is 0.483. The molecule has 0 radical (unpaired) electrons. The van der Waals surface area contributed by atoms with E-state index in [0.29, 0.717) is 61.4 Å². The van der Waals surface area contributed by atoms with Crippen LogP contribution < -0.4 is 10.6 Å². The summed E-state index contributed by atoms with van der Waals surface area (Å²) in [5.74, 6) is -1.76. The van der Waals surface area contributed by atoms with Crippen LogP contribution in [0.25, 0.3) is 0 Å². The number of nitrogens with zero attached hydrogens (tertiary/aromatic N) is 4. The second kappa shape index (κ2) is 14.5. The van der Waals surface area contributed by atoms with Crippen LogP contribution in [0.5, 0.6) is 0 Å². The number of carbonyl (C=O) groups is 3. The Morgan fingerprint density at radius 1 is 1.23 bits per heavy atom. The topological polar surface area (TPSA) is 146 Å². The van der Waals surface area contributed by atoms with Gasteiger partial charge in [0.1, 0.15) is 23.5 Å². The molecule has 2 aliphatic heterocycles. The number of piperazine rings is 1. The second-order valence-electron chi connectivity index (χ2n) is 11.3. The summed E-state index contributed by atoms with van der Waals surface area (Å²) < 4.78 is 24.2. The molecule has 238 valence electrons. The number of amidine groups is 1. The Kier molecular flexibility index (Phi) is 10.9. The first-order valence-corrected chi connectivity index (χ1v) is 15.3. The molecular formula is C29H36ClFN6O6S. The van der Waals surface area contributed by atoms with Gasteiger partial charge in [-0.2, -0.15) is 0 Å². The minimum atomic E-state index is -1.13. The second-order valence-corrected chi connectivity index (χ2v) is 12.6. The number of ether oxygens (including phenoxy) is 2. The maximum Gasteiger partial charge on any atom is 0.408 e. The largest absolute Gasteiger partial charge is 0.480 e. The molecule has 2 atom stereocenters. The standard InChI is InChI=1S/C29H36ClFN6O6S/c1-29(2,3)43-28(41)34-20(26(38)39)7-9-36-10-12-37(13-11-36)16-21-22(27(40)42-4)23(18-6-5-17(31)15-19(18)30)35-24(33-21)25-32-8-14-44-25/h5-6,8,14-15,20,23H,7,9-13,16H2,1-4H3,(H,33,35)(H,34,41)(H,38,39)/t20-,23+/m1/s1. The molecule has 0 bridgehead atoms. The van der Waals surface area contributed by atoms with Crippen molar-refractivity contribution in [2.24, 2.45) is 4.99 Å². The van der Waals surface area contributed by atoms with Crippen molar-refractivity contribution in [3.8, 4) is 0 Å². The number of thiazole rings is 1. The number of rotatable bonds is 10. The molecule has 44 heavy (non-hydrogen) atoms. The summed E-state index contributed by atoms with van der Waals surface area (Å²) in [4.78, 5) is 50.4. The molecule has 2 aliphatic rings. The molecular weight excluding hydrogens is 615 g/mol. The monoisotopic (exact) mass is 650 g/mol. The van der Waals surface area contributed by atoms with Crippen LogP contribution in [0.15, 0.2) is 46.0 Å². The van der Waals surface area contributed by atoms with Gasteiger partial charge < -0.3 is 30.1 Å². The summed E-state index contributed by atoms with van der Waals surface area (Å²) in [5.41, 5.74) is 0.557. The molecule has 1 fully saturated rings. The number of aliphatic imine (C=N–C) groups is 1. The van der Waals surface area contributed by atoms with Crippen LogP contribution >= 0.6 is 22.9 Å². The van der Waals surface area contributed by atoms with Gasteiger partial charge in [-0.3, -0.25) is 9.89 Å². The number of hydrogen-bond donors (Lipinski definition) is 3. The zero-order valence-electron chi connectivity index (χ0n) is 24.9. The Hall–Kier alpha value is -3.59. The summed E-state index contributed by atoms with van der Waals surface area (Å²) in [5, 5.41) is 17.9. The molecule has 3 N–H and O–H groups in total. The molecule has 1 amide bonds. The van der Waals surface area contributed by atoms with E-state index < -0.39 is 41.5 Å². The van der Waals surface area contributed by atoms with Crippen molar-refractivity contribution in [2.75, 3.05) is 46.4 Å². The van der Waals surface area contributed by atoms with E-state index in [1.54, 1.807) is 27.0 Å². The van der Waals surface area contributed by atoms with E-state index in [-0.39, 0.29) is 17.0 Å². The highest BCUT2D eigenvalue weighted by molar-refractivity contribution is 7.11. The smallest absolute Gasteiger partial charge is 0.408 e. The zero-order chi connectivity index (χ0) is 32.0. The van der Waals surface area contributed by atoms with Crippen LogP contribution in [0.2, 0.25) is 5.02 Å². The maximum atomic E-state index is 13.9. The van der Waals surface area contributed by atoms with Gasteiger partial charge in [0.25, 0.3) is 0 Å². The molecule has 15 heteroatoms. The SMILES string of the molecule is COC(=O)C1=C(CN2CCN(CC[C@@H](NC(=O)OC(C)(C)C)C(=O)O)CC2)NC(c2nccs2)=N[C@H]1c1ccc(F)cc1Cl. The van der Waals surface area contributed by atoms with Crippen molar-refractivity contribution in [3.63, 3.8) is 0 Å². The van der Waals surface area contributed by atoms with Crippen molar-refractivity contribution in [1.29, 1.82) is 0 Å². The minimum Gasteiger partial charge on any atom is -0.480 e. The lowest BCUT2D eigenvalue weighted by atomic mass is 9.95. The predicted molar refractivity (Wildman–Crippen MR) is 163 cm³/mol. The number of aliphatic carboxylic acids is 1. The fourth-order valence-electron chi connectivity index (χ4n) is 4.88. The van der Waals surface area contributed by atoms with Gasteiger partial charge >= 0.3 is 18.0 Å². The highest BCUT2D eigenvalue weighted by atomic mass is 35.5. The number of halogens is 2. The molecule has 1 aromatic heterocycles. The molecule has 1 saturated heterocycles. The third-order valence-electron chi connectivity index (χ3n) is 6.99. The van der Waals surface area contributed by atoms with Crippen LogP contribution in [0, 0.1) is 5.82 Å². The lowest BCUT2D eigenvalue weighted by Gasteiger charge is -2.37. The number of hydrogen-bond acceptors (Lipinski definition) is 11. The van der Waals surface area contributed by atoms with Crippen LogP contribution in [0.4, 0.5) is 9.18 Å². The maximum absolute atomic E-state index is 13.9. The van der Waals surface area contributed by atoms with Crippen molar-refractivity contribution in [3.05, 3.63) is 62.5 Å². The average Bonchev–Trinajstić information content (AvgIpc) is 3.49. The Bertz CT molecular complexity index is 1420. The van der Waals surface area contributed by atoms with Crippen molar-refractivity contribution >= 4 is 46.8 Å². The summed E-state index contributed by atoms with van der Waals surface area (Å²) in [7, 11) is 1.29.